The van der Waals surface area contributed by atoms with Gasteiger partial charge >= 0.3 is 6.03 Å². The van der Waals surface area contributed by atoms with E-state index in [-0.39, 0.29) is 0 Å². The first-order chi connectivity index (χ1) is 8.75. The maximum atomic E-state index is 11.2. The van der Waals surface area contributed by atoms with E-state index < -0.39 is 6.03 Å². The zero-order chi connectivity index (χ0) is 12.5. The second-order valence-corrected chi connectivity index (χ2v) is 4.63. The first-order valence-electron chi connectivity index (χ1n) is 6.22. The van der Waals surface area contributed by atoms with E-state index in [9.17, 15) is 4.79 Å². The van der Waals surface area contributed by atoms with E-state index in [0.29, 0.717) is 0 Å². The number of aromatic nitrogens is 1. The van der Waals surface area contributed by atoms with Crippen LogP contribution in [0.3, 0.4) is 0 Å². The Morgan fingerprint density at radius 1 is 1.22 bits per heavy atom. The summed E-state index contributed by atoms with van der Waals surface area (Å²) in [5.74, 6) is 0. The molecule has 92 valence electrons. The predicted octanol–water partition coefficient (Wildman–Crippen LogP) is 2.60. The van der Waals surface area contributed by atoms with Crippen LogP contribution in [0.2, 0.25) is 0 Å². The number of amides is 2. The zero-order valence-electron chi connectivity index (χ0n) is 10.1. The van der Waals surface area contributed by atoms with Gasteiger partial charge in [-0.1, -0.05) is 18.2 Å². The monoisotopic (exact) mass is 241 g/mol. The fourth-order valence-electron chi connectivity index (χ4n) is 2.64. The van der Waals surface area contributed by atoms with E-state index >= 15 is 0 Å². The first kappa shape index (κ1) is 11.0. The van der Waals surface area contributed by atoms with Gasteiger partial charge in [0, 0.05) is 11.1 Å². The normalized spacial score (nSPS) is 14.2. The van der Waals surface area contributed by atoms with Crippen molar-refractivity contribution in [2.45, 2.75) is 25.7 Å². The average Bonchev–Trinajstić information content (AvgIpc) is 2.38. The Morgan fingerprint density at radius 3 is 2.83 bits per heavy atom. The van der Waals surface area contributed by atoms with Crippen molar-refractivity contribution in [1.82, 2.24) is 4.98 Å². The molecule has 2 amide bonds. The smallest absolute Gasteiger partial charge is 0.316 e. The summed E-state index contributed by atoms with van der Waals surface area (Å²) in [6.07, 6.45) is 4.24. The molecule has 0 saturated heterocycles. The van der Waals surface area contributed by atoms with E-state index in [2.05, 4.69) is 5.32 Å². The highest BCUT2D eigenvalue weighted by molar-refractivity contribution is 6.01. The lowest BCUT2D eigenvalue weighted by atomic mass is 9.93. The molecule has 4 nitrogen and oxygen atoms in total. The third kappa shape index (κ3) is 1.79. The molecule has 1 aliphatic carbocycles. The number of rotatable bonds is 1. The number of nitrogens with one attached hydrogen (secondary N) is 1. The molecule has 0 radical (unpaired) electrons. The number of benzene rings is 1. The van der Waals surface area contributed by atoms with Crippen molar-refractivity contribution in [1.29, 1.82) is 0 Å². The van der Waals surface area contributed by atoms with Crippen molar-refractivity contribution >= 4 is 22.6 Å². The summed E-state index contributed by atoms with van der Waals surface area (Å²) in [6.45, 7) is 0. The highest BCUT2D eigenvalue weighted by atomic mass is 16.2. The summed E-state index contributed by atoms with van der Waals surface area (Å²) in [4.78, 5) is 15.9. The Morgan fingerprint density at radius 2 is 2.00 bits per heavy atom. The van der Waals surface area contributed by atoms with Gasteiger partial charge in [-0.2, -0.15) is 0 Å². The van der Waals surface area contributed by atoms with Gasteiger partial charge in [0.2, 0.25) is 0 Å². The molecule has 0 aliphatic heterocycles. The Labute approximate surface area is 105 Å². The number of anilines is 1. The lowest BCUT2D eigenvalue weighted by molar-refractivity contribution is 0.259. The molecule has 4 heteroatoms. The van der Waals surface area contributed by atoms with Gasteiger partial charge in [-0.15, -0.1) is 0 Å². The van der Waals surface area contributed by atoms with E-state index in [1.54, 1.807) is 0 Å². The van der Waals surface area contributed by atoms with Crippen LogP contribution in [0.25, 0.3) is 10.9 Å². The minimum absolute atomic E-state index is 0.515. The average molecular weight is 241 g/mol. The van der Waals surface area contributed by atoms with Crippen LogP contribution in [-0.2, 0) is 12.8 Å². The molecule has 1 aromatic carbocycles. The molecule has 1 aromatic heterocycles. The first-order valence-corrected chi connectivity index (χ1v) is 6.22. The third-order valence-electron chi connectivity index (χ3n) is 3.42. The number of carbonyl (C=O) groups excluding carboxylic acids is 1. The van der Waals surface area contributed by atoms with Gasteiger partial charge in [-0.3, -0.25) is 4.98 Å². The number of hydrogen-bond acceptors (Lipinski definition) is 2. The van der Waals surface area contributed by atoms with E-state index in [1.165, 1.54) is 0 Å². The van der Waals surface area contributed by atoms with Crippen LogP contribution in [0.15, 0.2) is 24.3 Å². The topological polar surface area (TPSA) is 68.0 Å². The third-order valence-corrected chi connectivity index (χ3v) is 3.42. The Hall–Kier alpha value is -2.10. The second kappa shape index (κ2) is 4.29. The molecule has 3 rings (SSSR count). The molecule has 0 bridgehead atoms. The van der Waals surface area contributed by atoms with Crippen LogP contribution in [-0.4, -0.2) is 11.0 Å². The number of para-hydroxylation sites is 1. The summed E-state index contributed by atoms with van der Waals surface area (Å²) in [7, 11) is 0. The molecule has 1 aliphatic rings. The zero-order valence-corrected chi connectivity index (χ0v) is 10.1. The minimum atomic E-state index is -0.515. The molecule has 0 unspecified atom stereocenters. The standard InChI is InChI=1S/C14H15N3O/c15-14(18)17-13-9-5-1-3-7-11(9)16-12-8-4-2-6-10(12)13/h1,3,5,7H,2,4,6,8H2,(H3,15,16,17,18). The molecule has 0 saturated carbocycles. The fraction of sp³-hybridized carbons (Fsp3) is 0.286. The summed E-state index contributed by atoms with van der Waals surface area (Å²) < 4.78 is 0. The Balaban J connectivity index is 2.28. The molecule has 18 heavy (non-hydrogen) atoms. The molecule has 0 spiro atoms. The highest BCUT2D eigenvalue weighted by Crippen LogP contribution is 2.32. The van der Waals surface area contributed by atoms with Crippen molar-refractivity contribution in [3.05, 3.63) is 35.5 Å². The highest BCUT2D eigenvalue weighted by Gasteiger charge is 2.18. The fourth-order valence-corrected chi connectivity index (χ4v) is 2.64. The minimum Gasteiger partial charge on any atom is -0.351 e. The maximum absolute atomic E-state index is 11.2. The van der Waals surface area contributed by atoms with E-state index in [0.717, 1.165) is 53.5 Å². The number of nitrogens with zero attached hydrogens (tertiary/aromatic N) is 1. The number of urea groups is 1. The van der Waals surface area contributed by atoms with Crippen LogP contribution >= 0.6 is 0 Å². The quantitative estimate of drug-likeness (QED) is 0.805. The van der Waals surface area contributed by atoms with Crippen LogP contribution in [0.4, 0.5) is 10.5 Å². The molecule has 0 atom stereocenters. The van der Waals surface area contributed by atoms with Crippen LogP contribution in [0, 0.1) is 0 Å². The number of pyridine rings is 1. The number of aryl methyl sites for hydroxylation is 1. The number of carbonyl (C=O) groups is 1. The molecule has 1 heterocycles. The van der Waals surface area contributed by atoms with Crippen molar-refractivity contribution in [3.8, 4) is 0 Å². The molecule has 0 fully saturated rings. The summed E-state index contributed by atoms with van der Waals surface area (Å²) in [5, 5.41) is 3.74. The van der Waals surface area contributed by atoms with Gasteiger partial charge in [0.15, 0.2) is 0 Å². The Bertz CT molecular complexity index is 622. The van der Waals surface area contributed by atoms with Crippen molar-refractivity contribution in [3.63, 3.8) is 0 Å². The predicted molar refractivity (Wildman–Crippen MR) is 71.6 cm³/mol. The number of fused-ring (bicyclic) bond motifs is 2. The lowest BCUT2D eigenvalue weighted by Gasteiger charge is -2.20. The van der Waals surface area contributed by atoms with Crippen molar-refractivity contribution in [2.24, 2.45) is 5.73 Å². The van der Waals surface area contributed by atoms with Crippen LogP contribution in [0.1, 0.15) is 24.1 Å². The molecule has 3 N–H and O–H groups in total. The maximum Gasteiger partial charge on any atom is 0.316 e. The summed E-state index contributed by atoms with van der Waals surface area (Å²) in [6, 6.07) is 7.34. The lowest BCUT2D eigenvalue weighted by Crippen LogP contribution is -2.22. The largest absolute Gasteiger partial charge is 0.351 e. The second-order valence-electron chi connectivity index (χ2n) is 4.63. The van der Waals surface area contributed by atoms with Crippen molar-refractivity contribution in [2.75, 3.05) is 5.32 Å². The number of primary amides is 1. The van der Waals surface area contributed by atoms with Crippen LogP contribution < -0.4 is 11.1 Å². The van der Waals surface area contributed by atoms with Crippen molar-refractivity contribution < 1.29 is 4.79 Å². The number of nitrogens with two attached hydrogens (primary N) is 1. The SMILES string of the molecule is NC(=O)Nc1c2c(nc3ccccc13)CCCC2. The molecular weight excluding hydrogens is 226 g/mol. The summed E-state index contributed by atoms with van der Waals surface area (Å²) >= 11 is 0. The van der Waals surface area contributed by atoms with Crippen LogP contribution in [0.5, 0.6) is 0 Å². The van der Waals surface area contributed by atoms with Gasteiger partial charge in [-0.05, 0) is 37.3 Å². The summed E-state index contributed by atoms with van der Waals surface area (Å²) in [5.41, 5.74) is 9.30. The van der Waals surface area contributed by atoms with E-state index in [1.807, 2.05) is 24.3 Å². The van der Waals surface area contributed by atoms with Gasteiger partial charge in [0.05, 0.1) is 11.2 Å². The van der Waals surface area contributed by atoms with Gasteiger partial charge in [-0.25, -0.2) is 4.79 Å². The van der Waals surface area contributed by atoms with Gasteiger partial charge in [0.1, 0.15) is 0 Å². The molecular formula is C14H15N3O. The van der Waals surface area contributed by atoms with Gasteiger partial charge < -0.3 is 11.1 Å². The number of hydrogen-bond donors (Lipinski definition) is 2. The molecule has 2 aromatic rings. The van der Waals surface area contributed by atoms with E-state index in [4.69, 9.17) is 10.7 Å². The van der Waals surface area contributed by atoms with Gasteiger partial charge in [0.25, 0.3) is 0 Å². The Kier molecular flexibility index (Phi) is 2.63.